The maximum atomic E-state index is 13.5. The topological polar surface area (TPSA) is 78.8 Å². The molecule has 5 nitrogen and oxygen atoms in total. The van der Waals surface area contributed by atoms with Crippen molar-refractivity contribution in [1.29, 1.82) is 0 Å². The minimum atomic E-state index is -1.00. The fourth-order valence-corrected chi connectivity index (χ4v) is 3.65. The number of hydrogen-bond donors (Lipinski definition) is 3. The van der Waals surface area contributed by atoms with Gasteiger partial charge in [0.15, 0.2) is 6.29 Å². The minimum absolute atomic E-state index is 0.0791. The van der Waals surface area contributed by atoms with Gasteiger partial charge in [0.2, 0.25) is 0 Å². The average molecular weight is 313 g/mol. The van der Waals surface area contributed by atoms with E-state index in [9.17, 15) is 14.2 Å². The van der Waals surface area contributed by atoms with Gasteiger partial charge in [0.1, 0.15) is 11.6 Å². The second-order valence-corrected chi connectivity index (χ2v) is 6.28. The highest BCUT2D eigenvalue weighted by molar-refractivity contribution is 8.02. The lowest BCUT2D eigenvalue weighted by Gasteiger charge is -2.34. The zero-order chi connectivity index (χ0) is 15.4. The molecule has 3 N–H and O–H groups in total. The summed E-state index contributed by atoms with van der Waals surface area (Å²) in [4.78, 5) is 10.9. The Morgan fingerprint density at radius 1 is 1.48 bits per heavy atom. The number of aldehydes is 1. The smallest absolute Gasteiger partial charge is 0.535 e. The lowest BCUT2D eigenvalue weighted by molar-refractivity contribution is 0.111. The van der Waals surface area contributed by atoms with Crippen LogP contribution in [0.5, 0.6) is 5.75 Å². The normalized spacial score (nSPS) is 20.6. The Morgan fingerprint density at radius 2 is 2.19 bits per heavy atom. The third-order valence-corrected chi connectivity index (χ3v) is 4.90. The van der Waals surface area contributed by atoms with E-state index >= 15 is 0 Å². The third-order valence-electron chi connectivity index (χ3n) is 3.43. The van der Waals surface area contributed by atoms with Crippen LogP contribution in [0.15, 0.2) is 12.1 Å². The molecule has 0 bridgehead atoms. The number of fused-ring (bicyclic) bond motifs is 1. The molecule has 2 aliphatic rings. The van der Waals surface area contributed by atoms with Crippen LogP contribution in [0.4, 0.5) is 4.39 Å². The number of carbonyl (C=O) groups excluding carboxylic acids is 1. The van der Waals surface area contributed by atoms with E-state index in [0.717, 1.165) is 25.8 Å². The molecule has 1 saturated heterocycles. The van der Waals surface area contributed by atoms with Crippen molar-refractivity contribution in [3.8, 4) is 5.75 Å². The van der Waals surface area contributed by atoms with Crippen LogP contribution in [0, 0.1) is 5.82 Å². The first-order chi connectivity index (χ1) is 10.2. The molecule has 3 rings (SSSR count). The summed E-state index contributed by atoms with van der Waals surface area (Å²) < 4.78 is 18.8. The van der Waals surface area contributed by atoms with Gasteiger partial charge in [-0.1, -0.05) is 6.07 Å². The summed E-state index contributed by atoms with van der Waals surface area (Å²) in [6, 6.07) is 2.90. The highest BCUT2D eigenvalue weighted by atomic mass is 32.2. The maximum absolute atomic E-state index is 13.5. The average Bonchev–Trinajstić information content (AvgIpc) is 2.45. The number of rotatable bonds is 3. The third kappa shape index (κ3) is 3.40. The zero-order valence-corrected chi connectivity index (χ0v) is 12.4. The maximum Gasteiger partial charge on any atom is 0.536 e. The summed E-state index contributed by atoms with van der Waals surface area (Å²) >= 11 is 1.68. The van der Waals surface area contributed by atoms with Gasteiger partial charge in [0.25, 0.3) is 0 Å². The summed E-state index contributed by atoms with van der Waals surface area (Å²) in [6.07, 6.45) is 1.02. The van der Waals surface area contributed by atoms with Crippen LogP contribution in [0.2, 0.25) is 0 Å². The van der Waals surface area contributed by atoms with E-state index < -0.39 is 12.9 Å². The Balaban J connectivity index is 0.000000774. The number of aliphatic hydroxyl groups excluding tert-OH is 1. The van der Waals surface area contributed by atoms with E-state index in [-0.39, 0.29) is 16.5 Å². The zero-order valence-electron chi connectivity index (χ0n) is 11.6. The molecule has 2 aliphatic heterocycles. The molecule has 21 heavy (non-hydrogen) atoms. The van der Waals surface area contributed by atoms with Crippen LogP contribution in [0.25, 0.3) is 0 Å². The van der Waals surface area contributed by atoms with Crippen molar-refractivity contribution in [3.63, 3.8) is 0 Å². The lowest BCUT2D eigenvalue weighted by atomic mass is 9.77. The second-order valence-electron chi connectivity index (χ2n) is 4.73. The molecule has 1 atom stereocenters. The largest absolute Gasteiger partial charge is 0.536 e. The number of halogens is 1. The number of hydrogen-bond acceptors (Lipinski definition) is 6. The Kier molecular flexibility index (Phi) is 5.63. The molecule has 0 saturated carbocycles. The summed E-state index contributed by atoms with van der Waals surface area (Å²) in [5, 5.41) is 20.6. The minimum Gasteiger partial charge on any atom is -0.535 e. The van der Waals surface area contributed by atoms with Gasteiger partial charge < -0.3 is 20.1 Å². The molecule has 0 aliphatic carbocycles. The molecule has 2 heterocycles. The van der Waals surface area contributed by atoms with Crippen LogP contribution in [0.1, 0.15) is 15.9 Å². The van der Waals surface area contributed by atoms with Crippen LogP contribution in [-0.2, 0) is 6.42 Å². The first-order valence-electron chi connectivity index (χ1n) is 6.61. The van der Waals surface area contributed by atoms with Crippen molar-refractivity contribution in [2.45, 2.75) is 16.8 Å². The van der Waals surface area contributed by atoms with Gasteiger partial charge in [-0.3, -0.25) is 4.79 Å². The molecular weight excluding hydrogens is 296 g/mol. The van der Waals surface area contributed by atoms with Gasteiger partial charge in [-0.2, -0.15) is 11.8 Å². The summed E-state index contributed by atoms with van der Waals surface area (Å²) in [5.41, 5.74) is 0.670. The second kappa shape index (κ2) is 7.26. The first-order valence-corrected chi connectivity index (χ1v) is 7.55. The Labute approximate surface area is 127 Å². The number of benzene rings is 1. The van der Waals surface area contributed by atoms with Gasteiger partial charge in [-0.05, 0) is 18.1 Å². The highest BCUT2D eigenvalue weighted by Crippen LogP contribution is 2.36. The van der Waals surface area contributed by atoms with Crippen molar-refractivity contribution in [1.82, 2.24) is 5.32 Å². The quantitative estimate of drug-likeness (QED) is 0.549. The van der Waals surface area contributed by atoms with E-state index in [2.05, 4.69) is 5.32 Å². The van der Waals surface area contributed by atoms with E-state index in [1.807, 2.05) is 0 Å². The molecule has 1 aromatic carbocycles. The van der Waals surface area contributed by atoms with Crippen molar-refractivity contribution < 1.29 is 24.0 Å². The highest BCUT2D eigenvalue weighted by Gasteiger charge is 2.39. The SMILES string of the molecule is CO.O=Cc1c(F)ccc2c1OB(O)C(SC1CNC1)C2. The summed E-state index contributed by atoms with van der Waals surface area (Å²) in [6.45, 7) is 1.87. The molecule has 1 unspecified atom stereocenters. The van der Waals surface area contributed by atoms with E-state index in [0.29, 0.717) is 18.0 Å². The molecule has 8 heteroatoms. The van der Waals surface area contributed by atoms with Crippen LogP contribution < -0.4 is 9.97 Å². The Morgan fingerprint density at radius 3 is 2.76 bits per heavy atom. The molecule has 0 aromatic heterocycles. The Hall–Kier alpha value is -1.09. The van der Waals surface area contributed by atoms with Crippen molar-refractivity contribution in [2.75, 3.05) is 20.2 Å². The molecule has 0 amide bonds. The fraction of sp³-hybridized carbons (Fsp3) is 0.462. The van der Waals surface area contributed by atoms with Gasteiger partial charge in [0.05, 0.1) is 10.7 Å². The van der Waals surface area contributed by atoms with E-state index in [4.69, 9.17) is 9.76 Å². The lowest BCUT2D eigenvalue weighted by Crippen LogP contribution is -2.49. The molecule has 114 valence electrons. The van der Waals surface area contributed by atoms with Crippen LogP contribution in [-0.4, -0.2) is 54.1 Å². The predicted molar refractivity (Wildman–Crippen MR) is 80.3 cm³/mol. The number of carbonyl (C=O) groups is 1. The van der Waals surface area contributed by atoms with Crippen molar-refractivity contribution in [3.05, 3.63) is 29.1 Å². The summed E-state index contributed by atoms with van der Waals surface area (Å²) in [7, 11) is -0.00130. The van der Waals surface area contributed by atoms with Crippen molar-refractivity contribution >= 4 is 25.2 Å². The molecule has 0 radical (unpaired) electrons. The molecule has 1 aromatic rings. The Bertz CT molecular complexity index is 515. The fourth-order valence-electron chi connectivity index (χ4n) is 2.27. The van der Waals surface area contributed by atoms with Gasteiger partial charge in [-0.15, -0.1) is 0 Å². The molecule has 1 fully saturated rings. The monoisotopic (exact) mass is 313 g/mol. The molecular formula is C13H17BFNO4S. The number of thioether (sulfide) groups is 1. The molecule has 0 spiro atoms. The van der Waals surface area contributed by atoms with Gasteiger partial charge >= 0.3 is 7.12 Å². The first kappa shape index (κ1) is 16.3. The standard InChI is InChI=1S/C12H13BFNO3S.CH4O/c14-10-2-1-7-3-11(19-8-4-15-5-8)13(17)18-12(7)9(10)6-16;1-2/h1-2,6,8,11,15,17H,3-5H2;2H,1H3. The van der Waals surface area contributed by atoms with E-state index in [1.165, 1.54) is 6.07 Å². The van der Waals surface area contributed by atoms with E-state index in [1.54, 1.807) is 17.8 Å². The van der Waals surface area contributed by atoms with Gasteiger partial charge in [-0.25, -0.2) is 4.39 Å². The number of nitrogens with one attached hydrogen (secondary N) is 1. The number of aliphatic hydroxyl groups is 1. The summed E-state index contributed by atoms with van der Waals surface area (Å²) in [5.74, 6) is -0.429. The van der Waals surface area contributed by atoms with Crippen molar-refractivity contribution in [2.24, 2.45) is 0 Å². The van der Waals surface area contributed by atoms with Crippen LogP contribution >= 0.6 is 11.8 Å². The van der Waals surface area contributed by atoms with Crippen LogP contribution in [0.3, 0.4) is 0 Å². The van der Waals surface area contributed by atoms with Gasteiger partial charge in [0, 0.05) is 25.4 Å². The predicted octanol–water partition coefficient (Wildman–Crippen LogP) is 0.275.